The predicted octanol–water partition coefficient (Wildman–Crippen LogP) is 4.16. The zero-order valence-corrected chi connectivity index (χ0v) is 19.2. The number of benzene rings is 2. The van der Waals surface area contributed by atoms with Gasteiger partial charge in [0, 0.05) is 12.3 Å². The molecule has 0 saturated heterocycles. The third kappa shape index (κ3) is 5.70. The second kappa shape index (κ2) is 10.2. The van der Waals surface area contributed by atoms with Crippen LogP contribution in [0.25, 0.3) is 11.1 Å². The van der Waals surface area contributed by atoms with Crippen molar-refractivity contribution in [2.24, 2.45) is 5.41 Å². The molecule has 0 bridgehead atoms. The normalized spacial score (nSPS) is 14.6. The Morgan fingerprint density at radius 2 is 1.50 bits per heavy atom. The molecule has 7 nitrogen and oxygen atoms in total. The van der Waals surface area contributed by atoms with Gasteiger partial charge in [-0.25, -0.2) is 18.4 Å². The van der Waals surface area contributed by atoms with Crippen molar-refractivity contribution in [1.82, 2.24) is 10.6 Å². The Kier molecular flexibility index (Phi) is 7.54. The lowest BCUT2D eigenvalue weighted by Crippen LogP contribution is -2.55. The number of carbonyl (C=O) groups is 3. The molecule has 2 atom stereocenters. The van der Waals surface area contributed by atoms with Crippen LogP contribution in [0, 0.1) is 5.41 Å². The summed E-state index contributed by atoms with van der Waals surface area (Å²) in [5.41, 5.74) is 3.15. The SMILES string of the molecule is CC(C)(C)[C@@H](NC(=O)C(CC(F)F)NC(=O)OCC1c2ccccc2-c2ccccc21)C(=O)O. The van der Waals surface area contributed by atoms with E-state index in [1.54, 1.807) is 20.8 Å². The number of carbonyl (C=O) groups excluding carboxylic acids is 2. The van der Waals surface area contributed by atoms with Crippen LogP contribution in [-0.2, 0) is 14.3 Å². The van der Waals surface area contributed by atoms with Gasteiger partial charge < -0.3 is 20.5 Å². The number of alkyl halides is 2. The summed E-state index contributed by atoms with van der Waals surface area (Å²) >= 11 is 0. The molecular formula is C25H28F2N2O5. The van der Waals surface area contributed by atoms with Gasteiger partial charge >= 0.3 is 12.1 Å². The minimum Gasteiger partial charge on any atom is -0.480 e. The Bertz CT molecular complexity index is 1020. The molecule has 0 radical (unpaired) electrons. The molecular weight excluding hydrogens is 446 g/mol. The Morgan fingerprint density at radius 1 is 0.971 bits per heavy atom. The van der Waals surface area contributed by atoms with Crippen molar-refractivity contribution in [1.29, 1.82) is 0 Å². The van der Waals surface area contributed by atoms with Gasteiger partial charge in [-0.3, -0.25) is 4.79 Å². The van der Waals surface area contributed by atoms with Crippen molar-refractivity contribution >= 4 is 18.0 Å². The second-order valence-corrected chi connectivity index (χ2v) is 9.30. The van der Waals surface area contributed by atoms with E-state index in [0.717, 1.165) is 22.3 Å². The summed E-state index contributed by atoms with van der Waals surface area (Å²) < 4.78 is 31.5. The van der Waals surface area contributed by atoms with Gasteiger partial charge in [0.2, 0.25) is 12.3 Å². The molecule has 1 aliphatic carbocycles. The number of hydrogen-bond acceptors (Lipinski definition) is 4. The highest BCUT2D eigenvalue weighted by Gasteiger charge is 2.36. The fourth-order valence-electron chi connectivity index (χ4n) is 4.08. The number of hydrogen-bond donors (Lipinski definition) is 3. The molecule has 9 heteroatoms. The minimum absolute atomic E-state index is 0.0530. The molecule has 1 aliphatic rings. The first-order chi connectivity index (χ1) is 16.0. The van der Waals surface area contributed by atoms with Crippen LogP contribution < -0.4 is 10.6 Å². The number of ether oxygens (including phenoxy) is 1. The summed E-state index contributed by atoms with van der Waals surface area (Å²) in [6.45, 7) is 4.72. The number of halogens is 2. The van der Waals surface area contributed by atoms with Crippen LogP contribution in [-0.4, -0.2) is 48.2 Å². The van der Waals surface area contributed by atoms with Crippen molar-refractivity contribution in [2.45, 2.75) is 51.6 Å². The molecule has 3 rings (SSSR count). The van der Waals surface area contributed by atoms with E-state index < -0.39 is 48.3 Å². The minimum atomic E-state index is -2.90. The van der Waals surface area contributed by atoms with Crippen molar-refractivity contribution < 1.29 is 33.0 Å². The average molecular weight is 475 g/mol. The number of rotatable bonds is 8. The average Bonchev–Trinajstić information content (AvgIpc) is 3.08. The van der Waals surface area contributed by atoms with Gasteiger partial charge in [-0.2, -0.15) is 0 Å². The summed E-state index contributed by atoms with van der Waals surface area (Å²) in [5.74, 6) is -2.56. The summed E-state index contributed by atoms with van der Waals surface area (Å²) in [7, 11) is 0. The number of amides is 2. The molecule has 0 saturated carbocycles. The Balaban J connectivity index is 1.69. The van der Waals surface area contributed by atoms with Crippen LogP contribution in [0.2, 0.25) is 0 Å². The van der Waals surface area contributed by atoms with Crippen LogP contribution in [0.4, 0.5) is 13.6 Å². The van der Waals surface area contributed by atoms with Crippen LogP contribution in [0.1, 0.15) is 44.2 Å². The molecule has 2 amide bonds. The van der Waals surface area contributed by atoms with E-state index in [9.17, 15) is 28.3 Å². The van der Waals surface area contributed by atoms with E-state index in [1.807, 2.05) is 48.5 Å². The lowest BCUT2D eigenvalue weighted by atomic mass is 9.86. The largest absolute Gasteiger partial charge is 0.480 e. The second-order valence-electron chi connectivity index (χ2n) is 9.30. The number of carboxylic acids is 1. The van der Waals surface area contributed by atoms with Crippen LogP contribution in [0.15, 0.2) is 48.5 Å². The van der Waals surface area contributed by atoms with Crippen molar-refractivity contribution in [3.05, 3.63) is 59.7 Å². The van der Waals surface area contributed by atoms with E-state index in [-0.39, 0.29) is 12.5 Å². The maximum Gasteiger partial charge on any atom is 0.407 e. The molecule has 0 aromatic heterocycles. The summed E-state index contributed by atoms with van der Waals surface area (Å²) in [6, 6.07) is 12.5. The van der Waals surface area contributed by atoms with Crippen molar-refractivity contribution in [3.63, 3.8) is 0 Å². The van der Waals surface area contributed by atoms with Gasteiger partial charge in [-0.05, 0) is 27.7 Å². The lowest BCUT2D eigenvalue weighted by Gasteiger charge is -2.29. The number of carboxylic acid groups (broad SMARTS) is 1. The Hall–Kier alpha value is -3.49. The first-order valence-electron chi connectivity index (χ1n) is 10.9. The molecule has 0 aliphatic heterocycles. The predicted molar refractivity (Wildman–Crippen MR) is 122 cm³/mol. The third-order valence-electron chi connectivity index (χ3n) is 5.77. The van der Waals surface area contributed by atoms with E-state index in [2.05, 4.69) is 10.6 Å². The molecule has 182 valence electrons. The first kappa shape index (κ1) is 25.1. The summed E-state index contributed by atoms with van der Waals surface area (Å²) in [4.78, 5) is 36.6. The topological polar surface area (TPSA) is 105 Å². The molecule has 2 aromatic carbocycles. The number of aliphatic carboxylic acids is 1. The van der Waals surface area contributed by atoms with E-state index in [0.29, 0.717) is 0 Å². The van der Waals surface area contributed by atoms with Gasteiger partial charge in [0.15, 0.2) is 0 Å². The smallest absolute Gasteiger partial charge is 0.407 e. The van der Waals surface area contributed by atoms with Crippen LogP contribution in [0.5, 0.6) is 0 Å². The van der Waals surface area contributed by atoms with Crippen molar-refractivity contribution in [3.8, 4) is 11.1 Å². The first-order valence-corrected chi connectivity index (χ1v) is 10.9. The van der Waals surface area contributed by atoms with Gasteiger partial charge in [-0.1, -0.05) is 69.3 Å². The maximum atomic E-state index is 13.1. The highest BCUT2D eigenvalue weighted by atomic mass is 19.3. The molecule has 2 aromatic rings. The molecule has 3 N–H and O–H groups in total. The number of alkyl carbamates (subject to hydrolysis) is 1. The fraction of sp³-hybridized carbons (Fsp3) is 0.400. The highest BCUT2D eigenvalue weighted by Crippen LogP contribution is 2.44. The summed E-state index contributed by atoms with van der Waals surface area (Å²) in [6.07, 6.45) is -4.92. The molecule has 0 spiro atoms. The number of fused-ring (bicyclic) bond motifs is 3. The van der Waals surface area contributed by atoms with Gasteiger partial charge in [0.25, 0.3) is 0 Å². The van der Waals surface area contributed by atoms with E-state index in [1.165, 1.54) is 0 Å². The van der Waals surface area contributed by atoms with Crippen LogP contribution >= 0.6 is 0 Å². The third-order valence-corrected chi connectivity index (χ3v) is 5.77. The van der Waals surface area contributed by atoms with E-state index >= 15 is 0 Å². The lowest BCUT2D eigenvalue weighted by molar-refractivity contribution is -0.145. The Morgan fingerprint density at radius 3 is 1.97 bits per heavy atom. The standard InChI is InChI=1S/C25H28F2N2O5/c1-25(2,3)21(23(31)32)29-22(30)19(12-20(26)27)28-24(33)34-13-18-16-10-6-4-8-14(16)15-9-5-7-11-17(15)18/h4-11,18-21H,12-13H2,1-3H3,(H,28,33)(H,29,30)(H,31,32)/t19?,21-/m0/s1. The van der Waals surface area contributed by atoms with Crippen LogP contribution in [0.3, 0.4) is 0 Å². The number of nitrogens with one attached hydrogen (secondary N) is 2. The van der Waals surface area contributed by atoms with Gasteiger partial charge in [0.05, 0.1) is 0 Å². The zero-order chi connectivity index (χ0) is 25.0. The quantitative estimate of drug-likeness (QED) is 0.533. The highest BCUT2D eigenvalue weighted by molar-refractivity contribution is 5.89. The molecule has 0 heterocycles. The van der Waals surface area contributed by atoms with Gasteiger partial charge in [-0.15, -0.1) is 0 Å². The maximum absolute atomic E-state index is 13.1. The monoisotopic (exact) mass is 474 g/mol. The van der Waals surface area contributed by atoms with Crippen molar-refractivity contribution in [2.75, 3.05) is 6.61 Å². The zero-order valence-electron chi connectivity index (χ0n) is 19.2. The molecule has 1 unspecified atom stereocenters. The molecule has 34 heavy (non-hydrogen) atoms. The summed E-state index contributed by atoms with van der Waals surface area (Å²) in [5, 5.41) is 13.8. The van der Waals surface area contributed by atoms with E-state index in [4.69, 9.17) is 4.74 Å². The van der Waals surface area contributed by atoms with Gasteiger partial charge in [0.1, 0.15) is 18.7 Å². The molecule has 0 fully saturated rings. The fourth-order valence-corrected chi connectivity index (χ4v) is 4.08. The Labute approximate surface area is 196 Å².